The molecule has 0 fully saturated rings. The van der Waals surface area contributed by atoms with Crippen LogP contribution in [0, 0.1) is 0 Å². The molecule has 116 valence electrons. The van der Waals surface area contributed by atoms with Gasteiger partial charge in [-0.15, -0.1) is 0 Å². The summed E-state index contributed by atoms with van der Waals surface area (Å²) in [4.78, 5) is 11.3. The molecule has 0 N–H and O–H groups in total. The van der Waals surface area contributed by atoms with Gasteiger partial charge in [-0.05, 0) is 41.5 Å². The smallest absolute Gasteiger partial charge is 0.330 e. The number of hydrogen-bond donors (Lipinski definition) is 0. The van der Waals surface area contributed by atoms with E-state index >= 15 is 0 Å². The average molecular weight is 298 g/mol. The van der Waals surface area contributed by atoms with Gasteiger partial charge in [-0.3, -0.25) is 0 Å². The minimum absolute atomic E-state index is 0.341. The summed E-state index contributed by atoms with van der Waals surface area (Å²) in [5.41, 5.74) is 2.30. The molecule has 0 spiro atoms. The highest BCUT2D eigenvalue weighted by Gasteiger charge is 2.09. The molecule has 2 aromatic carbocycles. The molecule has 22 heavy (non-hydrogen) atoms. The molecule has 2 aromatic rings. The maximum absolute atomic E-state index is 11.3. The van der Waals surface area contributed by atoms with Crippen LogP contribution in [0.1, 0.15) is 30.9 Å². The van der Waals surface area contributed by atoms with Crippen molar-refractivity contribution in [2.45, 2.75) is 26.2 Å². The van der Waals surface area contributed by atoms with Crippen molar-refractivity contribution in [3.63, 3.8) is 0 Å². The normalized spacial score (nSPS) is 11.0. The number of aryl methyl sites for hydroxylation is 1. The van der Waals surface area contributed by atoms with Gasteiger partial charge in [0, 0.05) is 11.5 Å². The lowest BCUT2D eigenvalue weighted by Crippen LogP contribution is -1.96. The number of fused-ring (bicyclic) bond motifs is 1. The molecule has 0 unspecified atom stereocenters. The molecule has 0 amide bonds. The Labute approximate surface area is 131 Å². The van der Waals surface area contributed by atoms with E-state index in [-0.39, 0.29) is 5.97 Å². The van der Waals surface area contributed by atoms with E-state index in [9.17, 15) is 4.79 Å². The van der Waals surface area contributed by atoms with Crippen LogP contribution in [-0.2, 0) is 16.0 Å². The van der Waals surface area contributed by atoms with Crippen molar-refractivity contribution in [3.8, 4) is 5.75 Å². The average Bonchev–Trinajstić information content (AvgIpc) is 2.57. The highest BCUT2D eigenvalue weighted by molar-refractivity contribution is 5.95. The van der Waals surface area contributed by atoms with Crippen molar-refractivity contribution < 1.29 is 14.3 Å². The number of methoxy groups -OCH3 is 2. The summed E-state index contributed by atoms with van der Waals surface area (Å²) < 4.78 is 10.1. The molecule has 0 atom stereocenters. The van der Waals surface area contributed by atoms with Crippen molar-refractivity contribution in [2.24, 2.45) is 0 Å². The van der Waals surface area contributed by atoms with Gasteiger partial charge < -0.3 is 9.47 Å². The van der Waals surface area contributed by atoms with Crippen LogP contribution in [0.3, 0.4) is 0 Å². The lowest BCUT2D eigenvalue weighted by atomic mass is 9.94. The summed E-state index contributed by atoms with van der Waals surface area (Å²) in [6.45, 7) is 2.18. The first kappa shape index (κ1) is 16.1. The second-order valence-corrected chi connectivity index (χ2v) is 5.15. The van der Waals surface area contributed by atoms with Crippen LogP contribution in [-0.4, -0.2) is 20.2 Å². The van der Waals surface area contributed by atoms with Gasteiger partial charge in [0.2, 0.25) is 0 Å². The van der Waals surface area contributed by atoms with E-state index in [2.05, 4.69) is 17.7 Å². The second-order valence-electron chi connectivity index (χ2n) is 5.15. The van der Waals surface area contributed by atoms with Gasteiger partial charge in [-0.1, -0.05) is 37.6 Å². The van der Waals surface area contributed by atoms with Crippen molar-refractivity contribution in [1.82, 2.24) is 0 Å². The van der Waals surface area contributed by atoms with Gasteiger partial charge in [-0.2, -0.15) is 0 Å². The zero-order valence-corrected chi connectivity index (χ0v) is 13.4. The van der Waals surface area contributed by atoms with Crippen molar-refractivity contribution >= 4 is 22.8 Å². The molecule has 0 bridgehead atoms. The minimum atomic E-state index is -0.341. The van der Waals surface area contributed by atoms with Crippen LogP contribution in [0.2, 0.25) is 0 Å². The van der Waals surface area contributed by atoms with Gasteiger partial charge >= 0.3 is 5.97 Å². The summed E-state index contributed by atoms with van der Waals surface area (Å²) in [5.74, 6) is 0.533. The van der Waals surface area contributed by atoms with Crippen molar-refractivity contribution in [2.75, 3.05) is 14.2 Å². The van der Waals surface area contributed by atoms with Crippen LogP contribution in [0.5, 0.6) is 5.75 Å². The molecule has 0 aliphatic carbocycles. The molecule has 0 aliphatic rings. The molecule has 2 rings (SSSR count). The standard InChI is InChI=1S/C19H22O3/c1-4-5-7-15-14(11-13-19(20)22-3)10-12-17-16(15)8-6-9-18(17)21-2/h6,8-13H,4-5,7H2,1-3H3/b13-11+. The number of carbonyl (C=O) groups is 1. The predicted octanol–water partition coefficient (Wildman–Crippen LogP) is 4.38. The van der Waals surface area contributed by atoms with Gasteiger partial charge in [0.25, 0.3) is 0 Å². The summed E-state index contributed by atoms with van der Waals surface area (Å²) in [6, 6.07) is 10.2. The fourth-order valence-corrected chi connectivity index (χ4v) is 2.60. The maximum Gasteiger partial charge on any atom is 0.330 e. The Hall–Kier alpha value is -2.29. The zero-order valence-electron chi connectivity index (χ0n) is 13.4. The summed E-state index contributed by atoms with van der Waals surface area (Å²) in [5, 5.41) is 2.28. The third kappa shape index (κ3) is 3.48. The highest BCUT2D eigenvalue weighted by Crippen LogP contribution is 2.31. The molecule has 3 nitrogen and oxygen atoms in total. The van der Waals surface area contributed by atoms with E-state index < -0.39 is 0 Å². The van der Waals surface area contributed by atoms with Crippen LogP contribution in [0.4, 0.5) is 0 Å². The molecule has 3 heteroatoms. The molecule has 0 heterocycles. The molecule has 0 saturated heterocycles. The fraction of sp³-hybridized carbons (Fsp3) is 0.316. The number of esters is 1. The molecular weight excluding hydrogens is 276 g/mol. The Bertz CT molecular complexity index is 686. The minimum Gasteiger partial charge on any atom is -0.496 e. The van der Waals surface area contributed by atoms with Crippen LogP contribution in [0.15, 0.2) is 36.4 Å². The summed E-state index contributed by atoms with van der Waals surface area (Å²) in [7, 11) is 3.07. The third-order valence-electron chi connectivity index (χ3n) is 3.77. The van der Waals surface area contributed by atoms with E-state index in [1.165, 1.54) is 24.1 Å². The number of benzene rings is 2. The first-order chi connectivity index (χ1) is 10.7. The lowest BCUT2D eigenvalue weighted by molar-refractivity contribution is -0.134. The second kappa shape index (κ2) is 7.64. The Morgan fingerprint density at radius 1 is 1.14 bits per heavy atom. The van der Waals surface area contributed by atoms with Crippen molar-refractivity contribution in [1.29, 1.82) is 0 Å². The van der Waals surface area contributed by atoms with Gasteiger partial charge in [-0.25, -0.2) is 4.79 Å². The monoisotopic (exact) mass is 298 g/mol. The Kier molecular flexibility index (Phi) is 5.59. The van der Waals surface area contributed by atoms with Gasteiger partial charge in [0.15, 0.2) is 0 Å². The van der Waals surface area contributed by atoms with E-state index in [1.54, 1.807) is 7.11 Å². The summed E-state index contributed by atoms with van der Waals surface area (Å²) >= 11 is 0. The topological polar surface area (TPSA) is 35.5 Å². The number of ether oxygens (including phenoxy) is 2. The SMILES string of the molecule is CCCCc1c(/C=C/C(=O)OC)ccc2c(OC)cccc12. The lowest BCUT2D eigenvalue weighted by Gasteiger charge is -2.13. The number of rotatable bonds is 6. The number of carbonyl (C=O) groups excluding carboxylic acids is 1. The summed E-state index contributed by atoms with van der Waals surface area (Å²) in [6.07, 6.45) is 6.50. The molecule has 0 aromatic heterocycles. The molecule has 0 aliphatic heterocycles. The molecular formula is C19H22O3. The zero-order chi connectivity index (χ0) is 15.9. The Morgan fingerprint density at radius 2 is 1.95 bits per heavy atom. The van der Waals surface area contributed by atoms with E-state index in [1.807, 2.05) is 30.3 Å². The third-order valence-corrected chi connectivity index (χ3v) is 3.77. The van der Waals surface area contributed by atoms with E-state index in [0.717, 1.165) is 36.0 Å². The molecule has 0 radical (unpaired) electrons. The number of unbranched alkanes of at least 4 members (excludes halogenated alkanes) is 1. The van der Waals surface area contributed by atoms with Crippen molar-refractivity contribution in [3.05, 3.63) is 47.5 Å². The van der Waals surface area contributed by atoms with Crippen LogP contribution in [0.25, 0.3) is 16.8 Å². The van der Waals surface area contributed by atoms with E-state index in [4.69, 9.17) is 4.74 Å². The Balaban J connectivity index is 2.56. The predicted molar refractivity (Wildman–Crippen MR) is 90.2 cm³/mol. The quantitative estimate of drug-likeness (QED) is 0.586. The number of hydrogen-bond acceptors (Lipinski definition) is 3. The van der Waals surface area contributed by atoms with Gasteiger partial charge in [0.1, 0.15) is 5.75 Å². The highest BCUT2D eigenvalue weighted by atomic mass is 16.5. The Morgan fingerprint density at radius 3 is 2.64 bits per heavy atom. The van der Waals surface area contributed by atoms with Crippen LogP contribution >= 0.6 is 0 Å². The first-order valence-corrected chi connectivity index (χ1v) is 7.55. The van der Waals surface area contributed by atoms with E-state index in [0.29, 0.717) is 0 Å². The fourth-order valence-electron chi connectivity index (χ4n) is 2.60. The molecule has 0 saturated carbocycles. The largest absolute Gasteiger partial charge is 0.496 e. The maximum atomic E-state index is 11.3. The first-order valence-electron chi connectivity index (χ1n) is 7.55. The van der Waals surface area contributed by atoms with Gasteiger partial charge in [0.05, 0.1) is 14.2 Å². The van der Waals surface area contributed by atoms with Crippen LogP contribution < -0.4 is 4.74 Å².